The SMILES string of the molecule is CCCC1NC(C)C(=O)N1C(C)COCC. The van der Waals surface area contributed by atoms with Gasteiger partial charge in [-0.1, -0.05) is 13.3 Å². The molecule has 0 saturated carbocycles. The fraction of sp³-hybridized carbons (Fsp3) is 0.917. The lowest BCUT2D eigenvalue weighted by molar-refractivity contribution is -0.133. The topological polar surface area (TPSA) is 41.6 Å². The molecule has 0 aromatic heterocycles. The van der Waals surface area contributed by atoms with Gasteiger partial charge in [-0.05, 0) is 27.2 Å². The molecule has 0 spiro atoms. The van der Waals surface area contributed by atoms with Crippen LogP contribution in [0.2, 0.25) is 0 Å². The average molecular weight is 228 g/mol. The second kappa shape index (κ2) is 6.21. The average Bonchev–Trinajstić information content (AvgIpc) is 2.52. The molecule has 0 aliphatic carbocycles. The number of carbonyl (C=O) groups is 1. The third-order valence-corrected chi connectivity index (χ3v) is 3.00. The molecule has 4 nitrogen and oxygen atoms in total. The Balaban J connectivity index is 2.61. The lowest BCUT2D eigenvalue weighted by Gasteiger charge is -2.30. The minimum absolute atomic E-state index is 0.0550. The summed E-state index contributed by atoms with van der Waals surface area (Å²) >= 11 is 0. The Bertz CT molecular complexity index is 233. The van der Waals surface area contributed by atoms with Crippen LogP contribution in [0.4, 0.5) is 0 Å². The fourth-order valence-electron chi connectivity index (χ4n) is 2.21. The van der Waals surface area contributed by atoms with Gasteiger partial charge in [-0.15, -0.1) is 0 Å². The maximum absolute atomic E-state index is 12.0. The van der Waals surface area contributed by atoms with Crippen LogP contribution in [0.5, 0.6) is 0 Å². The zero-order valence-electron chi connectivity index (χ0n) is 10.8. The summed E-state index contributed by atoms with van der Waals surface area (Å²) in [5.41, 5.74) is 0. The van der Waals surface area contributed by atoms with Crippen LogP contribution in [0.25, 0.3) is 0 Å². The molecule has 1 aliphatic rings. The zero-order valence-corrected chi connectivity index (χ0v) is 10.8. The molecule has 1 aliphatic heterocycles. The summed E-state index contributed by atoms with van der Waals surface area (Å²) < 4.78 is 5.40. The van der Waals surface area contributed by atoms with Crippen LogP contribution in [-0.2, 0) is 9.53 Å². The minimum Gasteiger partial charge on any atom is -0.380 e. The van der Waals surface area contributed by atoms with Crippen molar-refractivity contribution in [3.63, 3.8) is 0 Å². The number of amides is 1. The van der Waals surface area contributed by atoms with Crippen LogP contribution in [0.1, 0.15) is 40.5 Å². The Morgan fingerprint density at radius 2 is 2.19 bits per heavy atom. The van der Waals surface area contributed by atoms with E-state index in [1.54, 1.807) is 0 Å². The lowest BCUT2D eigenvalue weighted by Crippen LogP contribution is -2.45. The third kappa shape index (κ3) is 2.95. The molecule has 16 heavy (non-hydrogen) atoms. The van der Waals surface area contributed by atoms with Crippen molar-refractivity contribution in [2.24, 2.45) is 0 Å². The molecule has 1 N–H and O–H groups in total. The van der Waals surface area contributed by atoms with E-state index in [2.05, 4.69) is 19.2 Å². The van der Waals surface area contributed by atoms with E-state index in [-0.39, 0.29) is 24.2 Å². The van der Waals surface area contributed by atoms with Gasteiger partial charge in [0.25, 0.3) is 0 Å². The highest BCUT2D eigenvalue weighted by atomic mass is 16.5. The van der Waals surface area contributed by atoms with Gasteiger partial charge in [0.1, 0.15) is 0 Å². The molecule has 94 valence electrons. The molecule has 0 aromatic rings. The van der Waals surface area contributed by atoms with Gasteiger partial charge in [-0.2, -0.15) is 0 Å². The Hall–Kier alpha value is -0.610. The first-order chi connectivity index (χ1) is 7.61. The van der Waals surface area contributed by atoms with E-state index in [1.807, 2.05) is 18.7 Å². The van der Waals surface area contributed by atoms with Crippen LogP contribution < -0.4 is 5.32 Å². The molecule has 3 atom stereocenters. The van der Waals surface area contributed by atoms with Crippen LogP contribution in [0.3, 0.4) is 0 Å². The number of nitrogens with one attached hydrogen (secondary N) is 1. The van der Waals surface area contributed by atoms with Gasteiger partial charge in [-0.25, -0.2) is 0 Å². The summed E-state index contributed by atoms with van der Waals surface area (Å²) in [5, 5.41) is 3.33. The van der Waals surface area contributed by atoms with Crippen LogP contribution in [0.15, 0.2) is 0 Å². The highest BCUT2D eigenvalue weighted by Crippen LogP contribution is 2.18. The Morgan fingerprint density at radius 3 is 2.75 bits per heavy atom. The van der Waals surface area contributed by atoms with E-state index in [0.717, 1.165) is 12.8 Å². The monoisotopic (exact) mass is 228 g/mol. The van der Waals surface area contributed by atoms with E-state index in [4.69, 9.17) is 4.74 Å². The summed E-state index contributed by atoms with van der Waals surface area (Å²) in [4.78, 5) is 14.0. The maximum atomic E-state index is 12.0. The summed E-state index contributed by atoms with van der Waals surface area (Å²) in [5.74, 6) is 0.200. The van der Waals surface area contributed by atoms with Crippen LogP contribution in [-0.4, -0.2) is 42.3 Å². The van der Waals surface area contributed by atoms with Crippen molar-refractivity contribution in [3.8, 4) is 0 Å². The first-order valence-corrected chi connectivity index (χ1v) is 6.27. The maximum Gasteiger partial charge on any atom is 0.241 e. The van der Waals surface area contributed by atoms with Crippen LogP contribution in [0, 0.1) is 0 Å². The molecule has 1 saturated heterocycles. The molecule has 0 bridgehead atoms. The number of hydrogen-bond acceptors (Lipinski definition) is 3. The van der Waals surface area contributed by atoms with E-state index in [1.165, 1.54) is 0 Å². The summed E-state index contributed by atoms with van der Waals surface area (Å²) in [6.45, 7) is 9.42. The Morgan fingerprint density at radius 1 is 1.50 bits per heavy atom. The van der Waals surface area contributed by atoms with Gasteiger partial charge in [0.2, 0.25) is 5.91 Å². The van der Waals surface area contributed by atoms with E-state index >= 15 is 0 Å². The molecule has 1 heterocycles. The highest BCUT2D eigenvalue weighted by molar-refractivity contribution is 5.84. The van der Waals surface area contributed by atoms with E-state index in [0.29, 0.717) is 13.2 Å². The second-order valence-electron chi connectivity index (χ2n) is 4.45. The molecule has 1 fully saturated rings. The van der Waals surface area contributed by atoms with Crippen molar-refractivity contribution in [3.05, 3.63) is 0 Å². The van der Waals surface area contributed by atoms with Crippen molar-refractivity contribution in [2.45, 2.75) is 58.8 Å². The van der Waals surface area contributed by atoms with Crippen molar-refractivity contribution in [2.75, 3.05) is 13.2 Å². The molecular formula is C12H24N2O2. The molecule has 4 heteroatoms. The van der Waals surface area contributed by atoms with Crippen molar-refractivity contribution >= 4 is 5.91 Å². The predicted molar refractivity (Wildman–Crippen MR) is 64.1 cm³/mol. The van der Waals surface area contributed by atoms with Gasteiger partial charge in [-0.3, -0.25) is 10.1 Å². The first kappa shape index (κ1) is 13.5. The summed E-state index contributed by atoms with van der Waals surface area (Å²) in [6.07, 6.45) is 2.27. The molecule has 0 aromatic carbocycles. The van der Waals surface area contributed by atoms with Crippen LogP contribution >= 0.6 is 0 Å². The van der Waals surface area contributed by atoms with E-state index < -0.39 is 0 Å². The molecule has 1 amide bonds. The lowest BCUT2D eigenvalue weighted by atomic mass is 10.2. The predicted octanol–water partition coefficient (Wildman–Crippen LogP) is 1.36. The van der Waals surface area contributed by atoms with E-state index in [9.17, 15) is 4.79 Å². The first-order valence-electron chi connectivity index (χ1n) is 6.27. The quantitative estimate of drug-likeness (QED) is 0.746. The normalized spacial score (nSPS) is 27.5. The standard InChI is InChI=1S/C12H24N2O2/c1-5-7-11-13-10(4)12(15)14(11)9(3)8-16-6-2/h9-11,13H,5-8H2,1-4H3. The summed E-state index contributed by atoms with van der Waals surface area (Å²) in [6, 6.07) is 0.0991. The number of rotatable bonds is 6. The van der Waals surface area contributed by atoms with Crippen molar-refractivity contribution < 1.29 is 9.53 Å². The van der Waals surface area contributed by atoms with Crippen molar-refractivity contribution in [1.82, 2.24) is 10.2 Å². The largest absolute Gasteiger partial charge is 0.380 e. The minimum atomic E-state index is -0.0550. The number of hydrogen-bond donors (Lipinski definition) is 1. The number of carbonyl (C=O) groups excluding carboxylic acids is 1. The Labute approximate surface area is 98.3 Å². The number of ether oxygens (including phenoxy) is 1. The molecule has 1 rings (SSSR count). The molecule has 0 radical (unpaired) electrons. The summed E-state index contributed by atoms with van der Waals surface area (Å²) in [7, 11) is 0. The number of nitrogens with zero attached hydrogens (tertiary/aromatic N) is 1. The molecular weight excluding hydrogens is 204 g/mol. The smallest absolute Gasteiger partial charge is 0.241 e. The zero-order chi connectivity index (χ0) is 12.1. The van der Waals surface area contributed by atoms with Gasteiger partial charge in [0, 0.05) is 6.61 Å². The van der Waals surface area contributed by atoms with Gasteiger partial charge < -0.3 is 9.64 Å². The molecule has 3 unspecified atom stereocenters. The Kier molecular flexibility index (Phi) is 5.22. The third-order valence-electron chi connectivity index (χ3n) is 3.00. The van der Waals surface area contributed by atoms with Gasteiger partial charge in [0.05, 0.1) is 24.9 Å². The highest BCUT2D eigenvalue weighted by Gasteiger charge is 2.38. The van der Waals surface area contributed by atoms with Crippen molar-refractivity contribution in [1.29, 1.82) is 0 Å². The fourth-order valence-corrected chi connectivity index (χ4v) is 2.21. The van der Waals surface area contributed by atoms with Gasteiger partial charge in [0.15, 0.2) is 0 Å². The second-order valence-corrected chi connectivity index (χ2v) is 4.45. The van der Waals surface area contributed by atoms with Gasteiger partial charge >= 0.3 is 0 Å².